The first-order valence-corrected chi connectivity index (χ1v) is 7.30. The molecule has 3 aromatic rings. The van der Waals surface area contributed by atoms with Gasteiger partial charge in [-0.3, -0.25) is 4.79 Å². The van der Waals surface area contributed by atoms with Crippen LogP contribution in [0, 0.1) is 6.92 Å². The second-order valence-corrected chi connectivity index (χ2v) is 5.58. The maximum Gasteiger partial charge on any atom is 0.259 e. The maximum absolute atomic E-state index is 12.5. The average Bonchev–Trinajstić information content (AvgIpc) is 3.13. The summed E-state index contributed by atoms with van der Waals surface area (Å²) in [6.07, 6.45) is 3.81. The molecule has 1 aliphatic carbocycles. The third-order valence-corrected chi connectivity index (χ3v) is 3.88. The van der Waals surface area contributed by atoms with Crippen molar-refractivity contribution >= 4 is 17.0 Å². The van der Waals surface area contributed by atoms with Gasteiger partial charge in [-0.25, -0.2) is 4.98 Å². The number of furan rings is 1. The molecular formula is C16H15N3O3. The van der Waals surface area contributed by atoms with E-state index in [1.54, 1.807) is 12.3 Å². The summed E-state index contributed by atoms with van der Waals surface area (Å²) in [6, 6.07) is 5.48. The number of nitrogens with zero attached hydrogens (tertiary/aromatic N) is 2. The SMILES string of the molecule is Cc1noc2nc(C3CC3)cc(C(=O)NCc3ccco3)c12. The third kappa shape index (κ3) is 2.26. The summed E-state index contributed by atoms with van der Waals surface area (Å²) in [5.74, 6) is 0.978. The standard InChI is InChI=1S/C16H15N3O3/c1-9-14-12(15(20)17-8-11-3-2-6-21-11)7-13(10-4-5-10)18-16(14)22-19-9/h2-3,6-7,10H,4-5,8H2,1H3,(H,17,20). The second-order valence-electron chi connectivity index (χ2n) is 5.58. The predicted octanol–water partition coefficient (Wildman–Crippen LogP) is 2.93. The Hall–Kier alpha value is -2.63. The summed E-state index contributed by atoms with van der Waals surface area (Å²) in [4.78, 5) is 17.0. The molecule has 0 radical (unpaired) electrons. The van der Waals surface area contributed by atoms with Gasteiger partial charge in [-0.05, 0) is 38.0 Å². The van der Waals surface area contributed by atoms with Crippen molar-refractivity contribution in [3.63, 3.8) is 0 Å². The topological polar surface area (TPSA) is 81.2 Å². The van der Waals surface area contributed by atoms with Gasteiger partial charge in [-0.1, -0.05) is 5.16 Å². The number of hydrogen-bond donors (Lipinski definition) is 1. The van der Waals surface area contributed by atoms with E-state index < -0.39 is 0 Å². The van der Waals surface area contributed by atoms with Crippen molar-refractivity contribution in [2.24, 2.45) is 0 Å². The molecule has 3 heterocycles. The molecule has 0 atom stereocenters. The summed E-state index contributed by atoms with van der Waals surface area (Å²) in [7, 11) is 0. The maximum atomic E-state index is 12.5. The minimum atomic E-state index is -0.169. The number of aryl methyl sites for hydroxylation is 1. The van der Waals surface area contributed by atoms with E-state index in [1.165, 1.54) is 0 Å². The zero-order valence-corrected chi connectivity index (χ0v) is 12.1. The zero-order chi connectivity index (χ0) is 15.1. The molecule has 3 aromatic heterocycles. The number of carbonyl (C=O) groups excluding carboxylic acids is 1. The molecule has 0 aliphatic heterocycles. The fraction of sp³-hybridized carbons (Fsp3) is 0.312. The summed E-state index contributed by atoms with van der Waals surface area (Å²) in [6.45, 7) is 2.16. The molecule has 1 fully saturated rings. The van der Waals surface area contributed by atoms with Crippen LogP contribution < -0.4 is 5.32 Å². The Morgan fingerprint density at radius 2 is 2.32 bits per heavy atom. The highest BCUT2D eigenvalue weighted by Crippen LogP contribution is 2.40. The van der Waals surface area contributed by atoms with E-state index in [4.69, 9.17) is 8.94 Å². The molecule has 0 saturated heterocycles. The first-order valence-electron chi connectivity index (χ1n) is 7.30. The van der Waals surface area contributed by atoms with Gasteiger partial charge in [-0.15, -0.1) is 0 Å². The lowest BCUT2D eigenvalue weighted by Gasteiger charge is -2.06. The minimum absolute atomic E-state index is 0.169. The van der Waals surface area contributed by atoms with Crippen LogP contribution >= 0.6 is 0 Å². The Morgan fingerprint density at radius 3 is 3.05 bits per heavy atom. The largest absolute Gasteiger partial charge is 0.467 e. The molecule has 1 N–H and O–H groups in total. The number of pyridine rings is 1. The van der Waals surface area contributed by atoms with Crippen LogP contribution in [0.15, 0.2) is 33.4 Å². The molecular weight excluding hydrogens is 282 g/mol. The average molecular weight is 297 g/mol. The Labute approximate surface area is 126 Å². The molecule has 0 spiro atoms. The Bertz CT molecular complexity index is 832. The monoisotopic (exact) mass is 297 g/mol. The van der Waals surface area contributed by atoms with Gasteiger partial charge in [0.15, 0.2) is 0 Å². The lowest BCUT2D eigenvalue weighted by atomic mass is 10.1. The van der Waals surface area contributed by atoms with E-state index in [0.717, 1.165) is 18.5 Å². The molecule has 0 bridgehead atoms. The number of carbonyl (C=O) groups is 1. The van der Waals surface area contributed by atoms with Crippen molar-refractivity contribution in [2.45, 2.75) is 32.2 Å². The van der Waals surface area contributed by atoms with Crippen molar-refractivity contribution in [2.75, 3.05) is 0 Å². The normalized spacial score (nSPS) is 14.4. The first-order chi connectivity index (χ1) is 10.7. The van der Waals surface area contributed by atoms with E-state index in [1.807, 2.05) is 19.1 Å². The fourth-order valence-electron chi connectivity index (χ4n) is 2.56. The Balaban J connectivity index is 1.69. The van der Waals surface area contributed by atoms with Crippen LogP contribution in [-0.4, -0.2) is 16.0 Å². The second kappa shape index (κ2) is 4.98. The quantitative estimate of drug-likeness (QED) is 0.800. The number of nitrogens with one attached hydrogen (secondary N) is 1. The highest BCUT2D eigenvalue weighted by molar-refractivity contribution is 6.06. The number of aromatic nitrogens is 2. The lowest BCUT2D eigenvalue weighted by molar-refractivity contribution is 0.0949. The van der Waals surface area contributed by atoms with Gasteiger partial charge in [0.25, 0.3) is 11.6 Å². The predicted molar refractivity (Wildman–Crippen MR) is 78.4 cm³/mol. The first kappa shape index (κ1) is 13.1. The highest BCUT2D eigenvalue weighted by Gasteiger charge is 2.28. The zero-order valence-electron chi connectivity index (χ0n) is 12.1. The summed E-state index contributed by atoms with van der Waals surface area (Å²) >= 11 is 0. The summed E-state index contributed by atoms with van der Waals surface area (Å²) in [5, 5.41) is 7.48. The van der Waals surface area contributed by atoms with Gasteiger partial charge in [0.1, 0.15) is 5.76 Å². The van der Waals surface area contributed by atoms with Crippen molar-refractivity contribution in [3.8, 4) is 0 Å². The van der Waals surface area contributed by atoms with Crippen molar-refractivity contribution in [1.29, 1.82) is 0 Å². The summed E-state index contributed by atoms with van der Waals surface area (Å²) < 4.78 is 10.5. The van der Waals surface area contributed by atoms with Crippen LogP contribution in [0.5, 0.6) is 0 Å². The number of hydrogen-bond acceptors (Lipinski definition) is 5. The van der Waals surface area contributed by atoms with Crippen LogP contribution in [0.25, 0.3) is 11.1 Å². The van der Waals surface area contributed by atoms with Crippen molar-refractivity contribution in [3.05, 3.63) is 47.2 Å². The van der Waals surface area contributed by atoms with Gasteiger partial charge >= 0.3 is 0 Å². The molecule has 1 saturated carbocycles. The van der Waals surface area contributed by atoms with Gasteiger partial charge in [0.2, 0.25) is 0 Å². The third-order valence-electron chi connectivity index (χ3n) is 3.88. The number of fused-ring (bicyclic) bond motifs is 1. The lowest BCUT2D eigenvalue weighted by Crippen LogP contribution is -2.23. The van der Waals surface area contributed by atoms with Gasteiger partial charge < -0.3 is 14.3 Å². The molecule has 112 valence electrons. The number of rotatable bonds is 4. The van der Waals surface area contributed by atoms with Crippen LogP contribution in [0.2, 0.25) is 0 Å². The Morgan fingerprint density at radius 1 is 1.45 bits per heavy atom. The minimum Gasteiger partial charge on any atom is -0.467 e. The molecule has 6 nitrogen and oxygen atoms in total. The van der Waals surface area contributed by atoms with E-state index in [9.17, 15) is 4.79 Å². The van der Waals surface area contributed by atoms with Gasteiger partial charge in [0.05, 0.1) is 29.5 Å². The van der Waals surface area contributed by atoms with Crippen molar-refractivity contribution in [1.82, 2.24) is 15.5 Å². The molecule has 1 amide bonds. The highest BCUT2D eigenvalue weighted by atomic mass is 16.5. The molecule has 0 aromatic carbocycles. The van der Waals surface area contributed by atoms with Crippen LogP contribution in [0.1, 0.15) is 46.3 Å². The molecule has 1 aliphatic rings. The van der Waals surface area contributed by atoms with E-state index in [2.05, 4.69) is 15.5 Å². The molecule has 22 heavy (non-hydrogen) atoms. The van der Waals surface area contributed by atoms with E-state index in [0.29, 0.717) is 40.6 Å². The summed E-state index contributed by atoms with van der Waals surface area (Å²) in [5.41, 5.74) is 2.59. The molecule has 4 rings (SSSR count). The Kier molecular flexibility index (Phi) is 2.96. The molecule has 0 unspecified atom stereocenters. The van der Waals surface area contributed by atoms with E-state index >= 15 is 0 Å². The van der Waals surface area contributed by atoms with Crippen LogP contribution in [-0.2, 0) is 6.54 Å². The van der Waals surface area contributed by atoms with Gasteiger partial charge in [0, 0.05) is 11.6 Å². The fourth-order valence-corrected chi connectivity index (χ4v) is 2.56. The van der Waals surface area contributed by atoms with Crippen molar-refractivity contribution < 1.29 is 13.7 Å². The smallest absolute Gasteiger partial charge is 0.259 e. The van der Waals surface area contributed by atoms with Crippen LogP contribution in [0.4, 0.5) is 0 Å². The van der Waals surface area contributed by atoms with Gasteiger partial charge in [-0.2, -0.15) is 0 Å². The molecule has 6 heteroatoms. The number of amides is 1. The van der Waals surface area contributed by atoms with E-state index in [-0.39, 0.29) is 5.91 Å². The van der Waals surface area contributed by atoms with Crippen LogP contribution in [0.3, 0.4) is 0 Å².